The molecule has 124 valence electrons. The van der Waals surface area contributed by atoms with Crippen LogP contribution in [0.5, 0.6) is 5.75 Å². The molecule has 0 radical (unpaired) electrons. The van der Waals surface area contributed by atoms with Gasteiger partial charge in [-0.2, -0.15) is 5.26 Å². The smallest absolute Gasteiger partial charge is 0.287 e. The maximum Gasteiger partial charge on any atom is 0.287 e. The fraction of sp³-hybridized carbons (Fsp3) is 0.353. The number of carbonyl (C=O) groups excluding carboxylic acids is 1. The third-order valence-electron chi connectivity index (χ3n) is 3.92. The summed E-state index contributed by atoms with van der Waals surface area (Å²) in [5, 5.41) is 11.8. The highest BCUT2D eigenvalue weighted by Gasteiger charge is 2.30. The first-order valence-electron chi connectivity index (χ1n) is 7.70. The number of hydrogen-bond acceptors (Lipinski definition) is 5. The van der Waals surface area contributed by atoms with Gasteiger partial charge in [0.15, 0.2) is 5.82 Å². The second kappa shape index (κ2) is 7.15. The van der Waals surface area contributed by atoms with Crippen molar-refractivity contribution in [2.75, 3.05) is 13.2 Å². The summed E-state index contributed by atoms with van der Waals surface area (Å²) in [6.07, 6.45) is 3.68. The van der Waals surface area contributed by atoms with Gasteiger partial charge in [0.2, 0.25) is 0 Å². The van der Waals surface area contributed by atoms with Gasteiger partial charge in [-0.1, -0.05) is 0 Å². The number of benzene rings is 1. The monoisotopic (exact) mass is 326 g/mol. The third kappa shape index (κ3) is 3.55. The zero-order chi connectivity index (χ0) is 16.9. The van der Waals surface area contributed by atoms with E-state index in [1.54, 1.807) is 48.3 Å². The molecule has 1 aromatic carbocycles. The molecule has 0 bridgehead atoms. The number of imidazole rings is 1. The molecular weight excluding hydrogens is 308 g/mol. The first-order chi connectivity index (χ1) is 11.7. The molecule has 24 heavy (non-hydrogen) atoms. The summed E-state index contributed by atoms with van der Waals surface area (Å²) in [7, 11) is 1.77. The number of nitrogens with one attached hydrogen (secondary N) is 1. The summed E-state index contributed by atoms with van der Waals surface area (Å²) in [4.78, 5) is 16.4. The molecule has 0 aliphatic carbocycles. The van der Waals surface area contributed by atoms with E-state index in [1.165, 1.54) is 0 Å². The van der Waals surface area contributed by atoms with Gasteiger partial charge in [0, 0.05) is 26.0 Å². The Kier molecular flexibility index (Phi) is 4.77. The van der Waals surface area contributed by atoms with Crippen LogP contribution >= 0.6 is 0 Å². The molecule has 0 spiro atoms. The summed E-state index contributed by atoms with van der Waals surface area (Å²) < 4.78 is 13.1. The molecule has 2 atom stereocenters. The first kappa shape index (κ1) is 16.0. The van der Waals surface area contributed by atoms with E-state index < -0.39 is 0 Å². The lowest BCUT2D eigenvalue weighted by Crippen LogP contribution is -2.51. The molecule has 1 aliphatic rings. The number of ether oxygens (including phenoxy) is 2. The molecule has 1 aliphatic heterocycles. The average Bonchev–Trinajstić information content (AvgIpc) is 3.03. The second-order valence-electron chi connectivity index (χ2n) is 5.60. The molecule has 1 N–H and O–H groups in total. The quantitative estimate of drug-likeness (QED) is 0.913. The van der Waals surface area contributed by atoms with Crippen LogP contribution in [-0.4, -0.2) is 40.8 Å². The number of aryl methyl sites for hydroxylation is 1. The van der Waals surface area contributed by atoms with Crippen molar-refractivity contribution in [2.45, 2.75) is 18.6 Å². The fourth-order valence-electron chi connectivity index (χ4n) is 2.59. The fourth-order valence-corrected chi connectivity index (χ4v) is 2.59. The molecule has 1 saturated heterocycles. The Bertz CT molecular complexity index is 748. The highest BCUT2D eigenvalue weighted by molar-refractivity contribution is 5.91. The van der Waals surface area contributed by atoms with Crippen LogP contribution in [0.4, 0.5) is 0 Å². The summed E-state index contributed by atoms with van der Waals surface area (Å²) in [6.45, 7) is 0.963. The molecule has 1 amide bonds. The number of aromatic nitrogens is 2. The average molecular weight is 326 g/mol. The second-order valence-corrected chi connectivity index (χ2v) is 5.60. The van der Waals surface area contributed by atoms with Crippen molar-refractivity contribution >= 4 is 5.91 Å². The van der Waals surface area contributed by atoms with E-state index in [-0.39, 0.29) is 18.1 Å². The minimum absolute atomic E-state index is 0.168. The maximum absolute atomic E-state index is 12.3. The van der Waals surface area contributed by atoms with Gasteiger partial charge in [-0.15, -0.1) is 0 Å². The van der Waals surface area contributed by atoms with Crippen LogP contribution in [0.3, 0.4) is 0 Å². The molecule has 3 rings (SSSR count). The minimum Gasteiger partial charge on any atom is -0.486 e. The van der Waals surface area contributed by atoms with Crippen molar-refractivity contribution < 1.29 is 14.3 Å². The van der Waals surface area contributed by atoms with Crippen LogP contribution in [0.2, 0.25) is 0 Å². The highest BCUT2D eigenvalue weighted by atomic mass is 16.5. The van der Waals surface area contributed by atoms with E-state index in [9.17, 15) is 4.79 Å². The van der Waals surface area contributed by atoms with E-state index in [1.807, 2.05) is 0 Å². The molecule has 1 fully saturated rings. The molecule has 0 saturated carbocycles. The number of carbonyl (C=O) groups is 1. The summed E-state index contributed by atoms with van der Waals surface area (Å²) in [5.41, 5.74) is 0.571. The van der Waals surface area contributed by atoms with Crippen LogP contribution in [0.15, 0.2) is 36.7 Å². The molecule has 2 aromatic rings. The van der Waals surface area contributed by atoms with Gasteiger partial charge in [-0.05, 0) is 30.7 Å². The van der Waals surface area contributed by atoms with Crippen LogP contribution in [0, 0.1) is 11.3 Å². The Labute approximate surface area is 139 Å². The number of rotatable bonds is 4. The van der Waals surface area contributed by atoms with Gasteiger partial charge in [0.25, 0.3) is 5.91 Å². The Balaban J connectivity index is 1.67. The van der Waals surface area contributed by atoms with Crippen molar-refractivity contribution in [1.82, 2.24) is 14.9 Å². The van der Waals surface area contributed by atoms with Crippen LogP contribution in [-0.2, 0) is 11.8 Å². The van der Waals surface area contributed by atoms with Gasteiger partial charge in [0.1, 0.15) is 11.9 Å². The molecular formula is C17H18N4O3. The van der Waals surface area contributed by atoms with Crippen molar-refractivity contribution in [1.29, 1.82) is 5.26 Å². The molecule has 7 heteroatoms. The zero-order valence-corrected chi connectivity index (χ0v) is 13.3. The van der Waals surface area contributed by atoms with E-state index in [0.717, 1.165) is 0 Å². The van der Waals surface area contributed by atoms with E-state index in [2.05, 4.69) is 16.4 Å². The lowest BCUT2D eigenvalue weighted by molar-refractivity contribution is -0.0136. The largest absolute Gasteiger partial charge is 0.486 e. The summed E-state index contributed by atoms with van der Waals surface area (Å²) in [5.74, 6) is 0.766. The normalized spacial score (nSPS) is 20.2. The lowest BCUT2D eigenvalue weighted by Gasteiger charge is -2.32. The standard InChI is InChI=1S/C17H18N4O3/c1-21-8-7-19-16(21)17(22)20-14-6-9-23-11-15(14)24-13-4-2-12(10-18)3-5-13/h2-5,7-8,14-15H,6,9,11H2,1H3,(H,20,22)/t14-,15-/m1/s1. The van der Waals surface area contributed by atoms with Gasteiger partial charge < -0.3 is 19.4 Å². The van der Waals surface area contributed by atoms with Crippen LogP contribution < -0.4 is 10.1 Å². The van der Waals surface area contributed by atoms with Crippen molar-refractivity contribution in [3.8, 4) is 11.8 Å². The van der Waals surface area contributed by atoms with Gasteiger partial charge in [-0.3, -0.25) is 4.79 Å². The number of nitriles is 1. The Hall–Kier alpha value is -2.85. The molecule has 0 unspecified atom stereocenters. The number of amides is 1. The molecule has 1 aromatic heterocycles. The first-order valence-corrected chi connectivity index (χ1v) is 7.70. The van der Waals surface area contributed by atoms with Crippen molar-refractivity contribution in [2.24, 2.45) is 7.05 Å². The van der Waals surface area contributed by atoms with Crippen molar-refractivity contribution in [3.63, 3.8) is 0 Å². The van der Waals surface area contributed by atoms with E-state index in [0.29, 0.717) is 36.8 Å². The van der Waals surface area contributed by atoms with Gasteiger partial charge >= 0.3 is 0 Å². The maximum atomic E-state index is 12.3. The predicted octanol–water partition coefficient (Wildman–Crippen LogP) is 1.26. The van der Waals surface area contributed by atoms with Crippen LogP contribution in [0.25, 0.3) is 0 Å². The van der Waals surface area contributed by atoms with E-state index >= 15 is 0 Å². The number of hydrogen-bond donors (Lipinski definition) is 1. The van der Waals surface area contributed by atoms with Gasteiger partial charge in [-0.25, -0.2) is 4.98 Å². The third-order valence-corrected chi connectivity index (χ3v) is 3.92. The highest BCUT2D eigenvalue weighted by Crippen LogP contribution is 2.18. The molecule has 2 heterocycles. The molecule has 7 nitrogen and oxygen atoms in total. The van der Waals surface area contributed by atoms with Crippen molar-refractivity contribution in [3.05, 3.63) is 48.0 Å². The topological polar surface area (TPSA) is 89.2 Å². The SMILES string of the molecule is Cn1ccnc1C(=O)N[C@@H]1CCOC[C@H]1Oc1ccc(C#N)cc1. The van der Waals surface area contributed by atoms with Gasteiger partial charge in [0.05, 0.1) is 24.3 Å². The number of nitrogens with zero attached hydrogens (tertiary/aromatic N) is 3. The predicted molar refractivity (Wildman–Crippen MR) is 85.5 cm³/mol. The summed E-state index contributed by atoms with van der Waals surface area (Å²) in [6, 6.07) is 8.77. The van der Waals surface area contributed by atoms with E-state index in [4.69, 9.17) is 14.7 Å². The minimum atomic E-state index is -0.295. The Morgan fingerprint density at radius 2 is 2.25 bits per heavy atom. The Morgan fingerprint density at radius 3 is 2.92 bits per heavy atom. The van der Waals surface area contributed by atoms with Crippen LogP contribution in [0.1, 0.15) is 22.6 Å². The zero-order valence-electron chi connectivity index (χ0n) is 13.3. The Morgan fingerprint density at radius 1 is 1.46 bits per heavy atom. The lowest BCUT2D eigenvalue weighted by atomic mass is 10.1. The summed E-state index contributed by atoms with van der Waals surface area (Å²) >= 11 is 0.